The number of fused-ring (bicyclic) bond motifs is 1. The van der Waals surface area contributed by atoms with Crippen LogP contribution in [0.4, 0.5) is 0 Å². The van der Waals surface area contributed by atoms with E-state index in [1.165, 1.54) is 24.9 Å². The van der Waals surface area contributed by atoms with Gasteiger partial charge in [0, 0.05) is 6.04 Å². The van der Waals surface area contributed by atoms with Crippen LogP contribution in [0.5, 0.6) is 5.88 Å². The molecule has 0 amide bonds. The van der Waals surface area contributed by atoms with Gasteiger partial charge in [-0.2, -0.15) is 0 Å². The van der Waals surface area contributed by atoms with Crippen molar-refractivity contribution in [3.05, 3.63) is 60.2 Å². The van der Waals surface area contributed by atoms with Crippen LogP contribution in [0.25, 0.3) is 10.9 Å². The van der Waals surface area contributed by atoms with Crippen LogP contribution >= 0.6 is 0 Å². The van der Waals surface area contributed by atoms with Gasteiger partial charge in [0.15, 0.2) is 0 Å². The number of aromatic nitrogens is 2. The minimum absolute atomic E-state index is 0.651. The first kappa shape index (κ1) is 16.2. The van der Waals surface area contributed by atoms with Crippen molar-refractivity contribution in [3.8, 4) is 5.88 Å². The molecule has 0 bridgehead atoms. The summed E-state index contributed by atoms with van der Waals surface area (Å²) in [6.45, 7) is 2.69. The quantitative estimate of drug-likeness (QED) is 0.683. The maximum atomic E-state index is 6.09. The molecule has 1 atom stereocenters. The fourth-order valence-electron chi connectivity index (χ4n) is 3.72. The molecule has 2 aromatic carbocycles. The SMILES string of the molecule is CN1CCCC1CCOc1nn(Cc2ccccc2)c2ccccc12. The number of nitrogens with zero attached hydrogens (tertiary/aromatic N) is 3. The minimum Gasteiger partial charge on any atom is -0.476 e. The predicted octanol–water partition coefficient (Wildman–Crippen LogP) is 3.95. The van der Waals surface area contributed by atoms with Crippen LogP contribution in [0.15, 0.2) is 54.6 Å². The first-order valence-electron chi connectivity index (χ1n) is 9.14. The number of hydrogen-bond donors (Lipinski definition) is 0. The van der Waals surface area contributed by atoms with Gasteiger partial charge in [-0.25, -0.2) is 0 Å². The van der Waals surface area contributed by atoms with E-state index in [2.05, 4.69) is 60.5 Å². The van der Waals surface area contributed by atoms with Crippen molar-refractivity contribution in [1.29, 1.82) is 0 Å². The zero-order chi connectivity index (χ0) is 17.1. The van der Waals surface area contributed by atoms with E-state index in [0.717, 1.165) is 36.4 Å². The highest BCUT2D eigenvalue weighted by molar-refractivity contribution is 5.84. The van der Waals surface area contributed by atoms with E-state index in [9.17, 15) is 0 Å². The maximum Gasteiger partial charge on any atom is 0.240 e. The van der Waals surface area contributed by atoms with Crippen molar-refractivity contribution < 1.29 is 4.74 Å². The Balaban J connectivity index is 1.51. The molecule has 130 valence electrons. The molecule has 0 aliphatic carbocycles. The van der Waals surface area contributed by atoms with Gasteiger partial charge in [-0.05, 0) is 50.6 Å². The van der Waals surface area contributed by atoms with Crippen molar-refractivity contribution in [2.24, 2.45) is 0 Å². The van der Waals surface area contributed by atoms with E-state index >= 15 is 0 Å². The number of likely N-dealkylation sites (tertiary alicyclic amines) is 1. The second-order valence-corrected chi connectivity index (χ2v) is 6.88. The summed E-state index contributed by atoms with van der Waals surface area (Å²) >= 11 is 0. The molecule has 1 fully saturated rings. The van der Waals surface area contributed by atoms with Crippen LogP contribution in [0.2, 0.25) is 0 Å². The van der Waals surface area contributed by atoms with Gasteiger partial charge in [0.1, 0.15) is 0 Å². The Morgan fingerprint density at radius 1 is 1.08 bits per heavy atom. The number of rotatable bonds is 6. The third-order valence-corrected chi connectivity index (χ3v) is 5.16. The Morgan fingerprint density at radius 3 is 2.68 bits per heavy atom. The molecule has 3 aromatic rings. The van der Waals surface area contributed by atoms with Crippen molar-refractivity contribution >= 4 is 10.9 Å². The maximum absolute atomic E-state index is 6.09. The number of para-hydroxylation sites is 1. The Hall–Kier alpha value is -2.33. The molecule has 2 heterocycles. The van der Waals surface area contributed by atoms with Crippen molar-refractivity contribution in [2.75, 3.05) is 20.2 Å². The highest BCUT2D eigenvalue weighted by Crippen LogP contribution is 2.26. The Bertz CT molecular complexity index is 828. The third-order valence-electron chi connectivity index (χ3n) is 5.16. The van der Waals surface area contributed by atoms with Crippen molar-refractivity contribution in [3.63, 3.8) is 0 Å². The molecule has 1 aromatic heterocycles. The average Bonchev–Trinajstić information content (AvgIpc) is 3.21. The van der Waals surface area contributed by atoms with E-state index in [1.807, 2.05) is 10.7 Å². The molecule has 1 unspecified atom stereocenters. The molecule has 1 saturated heterocycles. The summed E-state index contributed by atoms with van der Waals surface area (Å²) in [5, 5.41) is 5.84. The zero-order valence-corrected chi connectivity index (χ0v) is 14.8. The van der Waals surface area contributed by atoms with E-state index in [-0.39, 0.29) is 0 Å². The minimum atomic E-state index is 0.651. The molecule has 4 nitrogen and oxygen atoms in total. The molecule has 1 aliphatic heterocycles. The van der Waals surface area contributed by atoms with Gasteiger partial charge in [-0.3, -0.25) is 4.68 Å². The lowest BCUT2D eigenvalue weighted by atomic mass is 10.1. The molecule has 0 spiro atoms. The summed E-state index contributed by atoms with van der Waals surface area (Å²) in [7, 11) is 2.21. The molecule has 0 N–H and O–H groups in total. The standard InChI is InChI=1S/C21H25N3O/c1-23-14-7-10-18(23)13-15-25-21-19-11-5-6-12-20(19)24(22-21)16-17-8-3-2-4-9-17/h2-6,8-9,11-12,18H,7,10,13-16H2,1H3. The van der Waals surface area contributed by atoms with Crippen LogP contribution in [0, 0.1) is 0 Å². The molecule has 0 saturated carbocycles. The zero-order valence-electron chi connectivity index (χ0n) is 14.8. The van der Waals surface area contributed by atoms with E-state index in [1.54, 1.807) is 0 Å². The Morgan fingerprint density at radius 2 is 1.88 bits per heavy atom. The van der Waals surface area contributed by atoms with Gasteiger partial charge >= 0.3 is 0 Å². The van der Waals surface area contributed by atoms with Crippen LogP contribution in [-0.2, 0) is 6.54 Å². The molecule has 25 heavy (non-hydrogen) atoms. The summed E-state index contributed by atoms with van der Waals surface area (Å²) < 4.78 is 8.13. The van der Waals surface area contributed by atoms with Gasteiger partial charge in [0.2, 0.25) is 5.88 Å². The second-order valence-electron chi connectivity index (χ2n) is 6.88. The van der Waals surface area contributed by atoms with Gasteiger partial charge in [-0.15, -0.1) is 5.10 Å². The van der Waals surface area contributed by atoms with Crippen molar-refractivity contribution in [1.82, 2.24) is 14.7 Å². The van der Waals surface area contributed by atoms with E-state index < -0.39 is 0 Å². The first-order chi connectivity index (χ1) is 12.3. The third kappa shape index (κ3) is 3.54. The van der Waals surface area contributed by atoms with Gasteiger partial charge in [0.25, 0.3) is 0 Å². The van der Waals surface area contributed by atoms with Gasteiger partial charge in [-0.1, -0.05) is 42.5 Å². The van der Waals surface area contributed by atoms with Crippen molar-refractivity contribution in [2.45, 2.75) is 31.8 Å². The monoisotopic (exact) mass is 335 g/mol. The molecular weight excluding hydrogens is 310 g/mol. The smallest absolute Gasteiger partial charge is 0.240 e. The highest BCUT2D eigenvalue weighted by atomic mass is 16.5. The average molecular weight is 335 g/mol. The highest BCUT2D eigenvalue weighted by Gasteiger charge is 2.21. The largest absolute Gasteiger partial charge is 0.476 e. The Kier molecular flexibility index (Phi) is 4.70. The first-order valence-corrected chi connectivity index (χ1v) is 9.14. The number of benzene rings is 2. The lowest BCUT2D eigenvalue weighted by Crippen LogP contribution is -2.26. The lowest BCUT2D eigenvalue weighted by molar-refractivity contribution is 0.229. The van der Waals surface area contributed by atoms with E-state index in [4.69, 9.17) is 9.84 Å². The second kappa shape index (κ2) is 7.28. The van der Waals surface area contributed by atoms with Crippen LogP contribution in [0.1, 0.15) is 24.8 Å². The number of hydrogen-bond acceptors (Lipinski definition) is 3. The Labute approximate surface area is 149 Å². The van der Waals surface area contributed by atoms with Gasteiger partial charge in [0.05, 0.1) is 24.1 Å². The molecule has 4 rings (SSSR count). The fraction of sp³-hybridized carbons (Fsp3) is 0.381. The normalized spacial score (nSPS) is 18.0. The molecular formula is C21H25N3O. The van der Waals surface area contributed by atoms with Crippen LogP contribution < -0.4 is 4.74 Å². The molecule has 4 heteroatoms. The summed E-state index contributed by atoms with van der Waals surface area (Å²) in [5.41, 5.74) is 2.37. The molecule has 1 aliphatic rings. The summed E-state index contributed by atoms with van der Waals surface area (Å²) in [4.78, 5) is 2.44. The fourth-order valence-corrected chi connectivity index (χ4v) is 3.72. The summed E-state index contributed by atoms with van der Waals surface area (Å²) in [6, 6.07) is 19.4. The lowest BCUT2D eigenvalue weighted by Gasteiger charge is -2.18. The molecule has 0 radical (unpaired) electrons. The van der Waals surface area contributed by atoms with Crippen LogP contribution in [0.3, 0.4) is 0 Å². The van der Waals surface area contributed by atoms with Crippen LogP contribution in [-0.4, -0.2) is 40.9 Å². The summed E-state index contributed by atoms with van der Waals surface area (Å²) in [5.74, 6) is 0.757. The predicted molar refractivity (Wildman–Crippen MR) is 101 cm³/mol. The van der Waals surface area contributed by atoms with E-state index in [0.29, 0.717) is 6.04 Å². The van der Waals surface area contributed by atoms with Gasteiger partial charge < -0.3 is 9.64 Å². The topological polar surface area (TPSA) is 30.3 Å². The number of ether oxygens (including phenoxy) is 1. The summed E-state index contributed by atoms with van der Waals surface area (Å²) in [6.07, 6.45) is 3.65.